The summed E-state index contributed by atoms with van der Waals surface area (Å²) in [6.45, 7) is 2.41. The number of hydrogen-bond donors (Lipinski definition) is 2. The number of nitrogens with one attached hydrogen (secondary N) is 2. The summed E-state index contributed by atoms with van der Waals surface area (Å²) >= 11 is 5.64. The fourth-order valence-corrected chi connectivity index (χ4v) is 3.78. The van der Waals surface area contributed by atoms with Crippen LogP contribution >= 0.6 is 12.2 Å². The largest absolute Gasteiger partial charge is 0.339 e. The number of anilines is 1. The van der Waals surface area contributed by atoms with Crippen molar-refractivity contribution in [3.63, 3.8) is 0 Å². The van der Waals surface area contributed by atoms with Crippen molar-refractivity contribution >= 4 is 33.0 Å². The van der Waals surface area contributed by atoms with Crippen molar-refractivity contribution in [3.8, 4) is 0 Å². The highest BCUT2D eigenvalue weighted by atomic mass is 32.2. The predicted molar refractivity (Wildman–Crippen MR) is 118 cm³/mol. The molecular formula is C20H29N4O2S2+. The van der Waals surface area contributed by atoms with Gasteiger partial charge in [-0.1, -0.05) is 36.4 Å². The van der Waals surface area contributed by atoms with Crippen LogP contribution in [-0.4, -0.2) is 64.0 Å². The molecule has 0 amide bonds. The Kier molecular flexibility index (Phi) is 7.94. The van der Waals surface area contributed by atoms with E-state index in [1.807, 2.05) is 24.3 Å². The van der Waals surface area contributed by atoms with Gasteiger partial charge in [0.05, 0.1) is 32.1 Å². The number of nitrogens with zero attached hydrogens (tertiary/aromatic N) is 2. The summed E-state index contributed by atoms with van der Waals surface area (Å²) < 4.78 is 25.9. The molecule has 2 N–H and O–H groups in total. The number of sulfonamides is 1. The van der Waals surface area contributed by atoms with Crippen LogP contribution in [0.5, 0.6) is 0 Å². The van der Waals surface area contributed by atoms with Crippen molar-refractivity contribution in [1.82, 2.24) is 9.21 Å². The van der Waals surface area contributed by atoms with Crippen LogP contribution in [0.4, 0.5) is 5.69 Å². The first-order chi connectivity index (χ1) is 13.2. The zero-order valence-electron chi connectivity index (χ0n) is 16.8. The summed E-state index contributed by atoms with van der Waals surface area (Å²) in [5.41, 5.74) is 1.83. The number of thiocarbonyl (C=S) groups is 1. The van der Waals surface area contributed by atoms with E-state index < -0.39 is 10.0 Å². The van der Waals surface area contributed by atoms with Crippen molar-refractivity contribution in [3.05, 3.63) is 60.2 Å². The minimum Gasteiger partial charge on any atom is -0.339 e. The molecule has 152 valence electrons. The quantitative estimate of drug-likeness (QED) is 0.629. The molecule has 0 unspecified atom stereocenters. The van der Waals surface area contributed by atoms with Crippen LogP contribution in [-0.2, 0) is 16.6 Å². The highest BCUT2D eigenvalue weighted by Gasteiger charge is 2.18. The molecule has 0 aliphatic rings. The molecule has 6 nitrogen and oxygen atoms in total. The second kappa shape index (κ2) is 9.97. The molecule has 28 heavy (non-hydrogen) atoms. The summed E-state index contributed by atoms with van der Waals surface area (Å²) in [4.78, 5) is 3.67. The van der Waals surface area contributed by atoms with Gasteiger partial charge in [-0.15, -0.1) is 0 Å². The van der Waals surface area contributed by atoms with Gasteiger partial charge in [-0.25, -0.2) is 12.7 Å². The zero-order valence-corrected chi connectivity index (χ0v) is 18.5. The molecular weight excluding hydrogens is 392 g/mol. The minimum absolute atomic E-state index is 0.234. The number of likely N-dealkylation sites (N-methyl/N-ethyl adjacent to an activating group) is 1. The third kappa shape index (κ3) is 6.27. The van der Waals surface area contributed by atoms with Gasteiger partial charge in [0.2, 0.25) is 10.0 Å². The SMILES string of the molecule is CN(C)S(=O)(=O)c1cccc(NC(=S)N(CC[NH+](C)C)Cc2ccccc2)c1. The van der Waals surface area contributed by atoms with Crippen molar-refractivity contribution < 1.29 is 13.3 Å². The zero-order chi connectivity index (χ0) is 20.7. The Hall–Kier alpha value is -2.00. The van der Waals surface area contributed by atoms with Gasteiger partial charge < -0.3 is 15.1 Å². The van der Waals surface area contributed by atoms with Gasteiger partial charge in [0.1, 0.15) is 0 Å². The maximum atomic E-state index is 12.4. The molecule has 0 radical (unpaired) electrons. The van der Waals surface area contributed by atoms with Crippen molar-refractivity contribution in [2.45, 2.75) is 11.4 Å². The predicted octanol–water partition coefficient (Wildman–Crippen LogP) is 1.28. The number of benzene rings is 2. The molecule has 0 saturated carbocycles. The molecule has 0 aromatic heterocycles. The maximum Gasteiger partial charge on any atom is 0.242 e. The van der Waals surface area contributed by atoms with Crippen LogP contribution in [0.1, 0.15) is 5.56 Å². The van der Waals surface area contributed by atoms with Crippen LogP contribution in [0.2, 0.25) is 0 Å². The summed E-state index contributed by atoms with van der Waals surface area (Å²) in [5, 5.41) is 3.78. The smallest absolute Gasteiger partial charge is 0.242 e. The summed E-state index contributed by atoms with van der Waals surface area (Å²) in [6, 6.07) is 16.9. The monoisotopic (exact) mass is 421 g/mol. The van der Waals surface area contributed by atoms with Crippen LogP contribution in [0.25, 0.3) is 0 Å². The second-order valence-corrected chi connectivity index (χ2v) is 9.65. The Morgan fingerprint density at radius 1 is 1.07 bits per heavy atom. The van der Waals surface area contributed by atoms with E-state index in [1.165, 1.54) is 28.9 Å². The highest BCUT2D eigenvalue weighted by Crippen LogP contribution is 2.18. The fraction of sp³-hybridized carbons (Fsp3) is 0.350. The Morgan fingerprint density at radius 3 is 2.36 bits per heavy atom. The molecule has 0 heterocycles. The highest BCUT2D eigenvalue weighted by molar-refractivity contribution is 7.89. The fourth-order valence-electron chi connectivity index (χ4n) is 2.56. The van der Waals surface area contributed by atoms with E-state index in [-0.39, 0.29) is 4.90 Å². The first-order valence-corrected chi connectivity index (χ1v) is 11.0. The van der Waals surface area contributed by atoms with E-state index >= 15 is 0 Å². The van der Waals surface area contributed by atoms with E-state index in [1.54, 1.807) is 18.2 Å². The first-order valence-electron chi connectivity index (χ1n) is 9.11. The Bertz CT molecular complexity index is 884. The van der Waals surface area contributed by atoms with E-state index in [4.69, 9.17) is 12.2 Å². The Balaban J connectivity index is 2.18. The van der Waals surface area contributed by atoms with Gasteiger partial charge in [-0.3, -0.25) is 0 Å². The number of hydrogen-bond acceptors (Lipinski definition) is 3. The maximum absolute atomic E-state index is 12.4. The van der Waals surface area contributed by atoms with E-state index in [0.29, 0.717) is 17.3 Å². The van der Waals surface area contributed by atoms with Gasteiger partial charge in [0, 0.05) is 26.3 Å². The lowest BCUT2D eigenvalue weighted by atomic mass is 10.2. The first kappa shape index (κ1) is 22.3. The molecule has 0 aliphatic heterocycles. The molecule has 0 aliphatic carbocycles. The van der Waals surface area contributed by atoms with Crippen LogP contribution in [0, 0.1) is 0 Å². The minimum atomic E-state index is -3.49. The third-order valence-electron chi connectivity index (χ3n) is 4.25. The molecule has 0 spiro atoms. The topological polar surface area (TPSA) is 57.1 Å². The van der Waals surface area contributed by atoms with Crippen molar-refractivity contribution in [1.29, 1.82) is 0 Å². The summed E-state index contributed by atoms with van der Waals surface area (Å²) in [7, 11) is 3.75. The Morgan fingerprint density at radius 2 is 1.75 bits per heavy atom. The number of quaternary nitrogens is 1. The molecule has 0 bridgehead atoms. The molecule has 8 heteroatoms. The van der Waals surface area contributed by atoms with Crippen LogP contribution < -0.4 is 10.2 Å². The Labute approximate surface area is 173 Å². The van der Waals surface area contributed by atoms with Crippen LogP contribution in [0.15, 0.2) is 59.5 Å². The molecule has 2 aromatic rings. The van der Waals surface area contributed by atoms with E-state index in [2.05, 4.69) is 36.4 Å². The van der Waals surface area contributed by atoms with E-state index in [9.17, 15) is 8.42 Å². The lowest BCUT2D eigenvalue weighted by Crippen LogP contribution is -3.06. The summed E-state index contributed by atoms with van der Waals surface area (Å²) in [6.07, 6.45) is 0. The van der Waals surface area contributed by atoms with Crippen LogP contribution in [0.3, 0.4) is 0 Å². The van der Waals surface area contributed by atoms with Gasteiger partial charge in [0.25, 0.3) is 0 Å². The lowest BCUT2D eigenvalue weighted by Gasteiger charge is -2.26. The molecule has 0 fully saturated rings. The molecule has 2 rings (SSSR count). The molecule has 2 aromatic carbocycles. The molecule has 0 atom stereocenters. The van der Waals surface area contributed by atoms with E-state index in [0.717, 1.165) is 13.1 Å². The second-order valence-electron chi connectivity index (χ2n) is 7.11. The van der Waals surface area contributed by atoms with Gasteiger partial charge in [0.15, 0.2) is 5.11 Å². The van der Waals surface area contributed by atoms with Crippen molar-refractivity contribution in [2.24, 2.45) is 0 Å². The third-order valence-corrected chi connectivity index (χ3v) is 6.42. The summed E-state index contributed by atoms with van der Waals surface area (Å²) in [5.74, 6) is 0. The number of rotatable bonds is 8. The average molecular weight is 422 g/mol. The molecule has 0 saturated heterocycles. The lowest BCUT2D eigenvalue weighted by molar-refractivity contribution is -0.857. The van der Waals surface area contributed by atoms with Gasteiger partial charge in [-0.05, 0) is 36.0 Å². The van der Waals surface area contributed by atoms with Gasteiger partial charge >= 0.3 is 0 Å². The average Bonchev–Trinajstić information content (AvgIpc) is 2.65. The van der Waals surface area contributed by atoms with Crippen molar-refractivity contribution in [2.75, 3.05) is 46.6 Å². The standard InChI is InChI=1S/C20H28N4O2S2/c1-22(2)13-14-24(16-17-9-6-5-7-10-17)20(27)21-18-11-8-12-19(15-18)28(25,26)23(3)4/h5-12,15H,13-14,16H2,1-4H3,(H,21,27)/p+1. The van der Waals surface area contributed by atoms with Gasteiger partial charge in [-0.2, -0.15) is 0 Å². The normalized spacial score (nSPS) is 11.6.